The average molecular weight is 429 g/mol. The number of carbonyl (C=O) groups excluding carboxylic acids is 1. The molecule has 0 N–H and O–H groups in total. The fraction of sp³-hybridized carbons (Fsp3) is 0.958. The van der Waals surface area contributed by atoms with Crippen LogP contribution in [0.25, 0.3) is 0 Å². The Labute approximate surface area is 182 Å². The molecule has 168 valence electrons. The zero-order valence-corrected chi connectivity index (χ0v) is 20.0. The Morgan fingerprint density at radius 2 is 1.83 bits per heavy atom. The summed E-state index contributed by atoms with van der Waals surface area (Å²) in [5.74, 6) is 1.89. The van der Waals surface area contributed by atoms with E-state index in [1.54, 1.807) is 7.11 Å². The molecule has 3 saturated carbocycles. The highest BCUT2D eigenvalue weighted by molar-refractivity contribution is 6.17. The molecule has 0 aromatic rings. The van der Waals surface area contributed by atoms with Crippen LogP contribution in [0.3, 0.4) is 0 Å². The van der Waals surface area contributed by atoms with Crippen molar-refractivity contribution >= 4 is 17.4 Å². The molecule has 0 spiro atoms. The summed E-state index contributed by atoms with van der Waals surface area (Å²) >= 11 is 6.05. The lowest BCUT2D eigenvalue weighted by atomic mass is 9.43. The normalized spacial score (nSPS) is 47.6. The second kappa shape index (κ2) is 8.76. The quantitative estimate of drug-likeness (QED) is 0.399. The van der Waals surface area contributed by atoms with Crippen molar-refractivity contribution in [3.8, 4) is 0 Å². The lowest BCUT2D eigenvalue weighted by Gasteiger charge is -2.62. The summed E-state index contributed by atoms with van der Waals surface area (Å²) in [7, 11) is 3.52. The van der Waals surface area contributed by atoms with Crippen LogP contribution in [0.5, 0.6) is 0 Å². The van der Waals surface area contributed by atoms with Crippen molar-refractivity contribution in [3.05, 3.63) is 0 Å². The van der Waals surface area contributed by atoms with Gasteiger partial charge in [0.1, 0.15) is 12.6 Å². The van der Waals surface area contributed by atoms with E-state index in [4.69, 9.17) is 25.8 Å². The molecule has 0 aromatic heterocycles. The number of ketones is 1. The highest BCUT2D eigenvalue weighted by atomic mass is 35.5. The molecule has 0 heterocycles. The predicted molar refractivity (Wildman–Crippen MR) is 116 cm³/mol. The first-order chi connectivity index (χ1) is 13.7. The SMILES string of the molecule is COCO[C@@H]1C[C@@](C)(CCCCl)C(=O)[C@H](C)C23CC[C@@H](C)[C@]1(C)C2[C@H](OC)CC3. The zero-order chi connectivity index (χ0) is 21.4. The summed E-state index contributed by atoms with van der Waals surface area (Å²) in [6.45, 7) is 9.42. The molecule has 3 fully saturated rings. The van der Waals surface area contributed by atoms with Gasteiger partial charge in [-0.3, -0.25) is 4.79 Å². The molecule has 2 bridgehead atoms. The van der Waals surface area contributed by atoms with Gasteiger partial charge in [-0.2, -0.15) is 0 Å². The van der Waals surface area contributed by atoms with Crippen LogP contribution in [0.2, 0.25) is 0 Å². The number of ether oxygens (including phenoxy) is 3. The van der Waals surface area contributed by atoms with E-state index in [9.17, 15) is 4.79 Å². The van der Waals surface area contributed by atoms with Crippen LogP contribution in [0, 0.1) is 34.0 Å². The molecule has 0 aliphatic heterocycles. The highest BCUT2D eigenvalue weighted by Gasteiger charge is 2.68. The van der Waals surface area contributed by atoms with E-state index in [1.807, 2.05) is 7.11 Å². The molecule has 8 atom stereocenters. The summed E-state index contributed by atoms with van der Waals surface area (Å²) < 4.78 is 17.8. The molecule has 29 heavy (non-hydrogen) atoms. The van der Waals surface area contributed by atoms with Crippen LogP contribution in [0.4, 0.5) is 0 Å². The Morgan fingerprint density at radius 1 is 1.14 bits per heavy atom. The third-order valence-corrected chi connectivity index (χ3v) is 9.66. The largest absolute Gasteiger partial charge is 0.381 e. The fourth-order valence-corrected chi connectivity index (χ4v) is 7.70. The summed E-state index contributed by atoms with van der Waals surface area (Å²) in [5, 5.41) is 0. The number of carbonyl (C=O) groups is 1. The lowest BCUT2D eigenvalue weighted by molar-refractivity contribution is -0.220. The standard InChI is InChI=1S/C24H41ClO4/c1-16-8-11-24-12-9-18(28-6)20(24)23(16,4)19(29-15-27-5)14-22(3,10-7-13-25)21(26)17(24)2/h16-20H,7-15H2,1-6H3/t16-,17+,18-,19-,20?,22-,23+,24?/m1/s1. The number of alkyl halides is 1. The number of methoxy groups -OCH3 is 2. The van der Waals surface area contributed by atoms with E-state index in [2.05, 4.69) is 27.7 Å². The highest BCUT2D eigenvalue weighted by Crippen LogP contribution is 2.68. The Balaban J connectivity index is 2.14. The van der Waals surface area contributed by atoms with Crippen molar-refractivity contribution in [1.29, 1.82) is 0 Å². The Hall–Kier alpha value is -0.160. The predicted octanol–water partition coefficient (Wildman–Crippen LogP) is 5.46. The van der Waals surface area contributed by atoms with Crippen LogP contribution in [0.1, 0.15) is 72.6 Å². The van der Waals surface area contributed by atoms with E-state index < -0.39 is 5.41 Å². The van der Waals surface area contributed by atoms with Crippen molar-refractivity contribution in [1.82, 2.24) is 0 Å². The maximum absolute atomic E-state index is 14.0. The van der Waals surface area contributed by atoms with Gasteiger partial charge in [-0.1, -0.05) is 27.7 Å². The molecular formula is C24H41ClO4. The Bertz CT molecular complexity index is 597. The van der Waals surface area contributed by atoms with E-state index in [-0.39, 0.29) is 35.7 Å². The minimum atomic E-state index is -0.409. The van der Waals surface area contributed by atoms with Gasteiger partial charge in [-0.05, 0) is 62.2 Å². The molecular weight excluding hydrogens is 388 g/mol. The zero-order valence-electron chi connectivity index (χ0n) is 19.3. The van der Waals surface area contributed by atoms with Gasteiger partial charge < -0.3 is 14.2 Å². The number of halogens is 1. The van der Waals surface area contributed by atoms with Crippen LogP contribution < -0.4 is 0 Å². The summed E-state index contributed by atoms with van der Waals surface area (Å²) in [5.41, 5.74) is -0.449. The van der Waals surface area contributed by atoms with Crippen LogP contribution >= 0.6 is 11.6 Å². The molecule has 5 heteroatoms. The first-order valence-corrected chi connectivity index (χ1v) is 12.0. The topological polar surface area (TPSA) is 44.8 Å². The van der Waals surface area contributed by atoms with Crippen molar-refractivity contribution < 1.29 is 19.0 Å². The van der Waals surface area contributed by atoms with Gasteiger partial charge >= 0.3 is 0 Å². The van der Waals surface area contributed by atoms with Gasteiger partial charge in [0.15, 0.2) is 0 Å². The minimum absolute atomic E-state index is 0.0103. The van der Waals surface area contributed by atoms with E-state index in [0.29, 0.717) is 23.5 Å². The van der Waals surface area contributed by atoms with Crippen LogP contribution in [-0.2, 0) is 19.0 Å². The molecule has 0 aromatic carbocycles. The third kappa shape index (κ3) is 3.60. The summed E-state index contributed by atoms with van der Waals surface area (Å²) in [6.07, 6.45) is 6.96. The molecule has 4 nitrogen and oxygen atoms in total. The number of Topliss-reactive ketones (excluding diaryl/α,β-unsaturated/α-hetero) is 1. The molecule has 0 amide bonds. The molecule has 3 aliphatic carbocycles. The molecule has 3 rings (SSSR count). The van der Waals surface area contributed by atoms with Crippen molar-refractivity contribution in [2.24, 2.45) is 34.0 Å². The third-order valence-electron chi connectivity index (χ3n) is 9.39. The van der Waals surface area contributed by atoms with E-state index in [1.165, 1.54) is 0 Å². The lowest BCUT2D eigenvalue weighted by Crippen LogP contribution is -2.63. The van der Waals surface area contributed by atoms with Gasteiger partial charge in [-0.25, -0.2) is 0 Å². The number of hydrogen-bond donors (Lipinski definition) is 0. The van der Waals surface area contributed by atoms with Gasteiger partial charge in [0.05, 0.1) is 12.2 Å². The number of hydrogen-bond acceptors (Lipinski definition) is 4. The van der Waals surface area contributed by atoms with Gasteiger partial charge in [0, 0.05) is 36.8 Å². The van der Waals surface area contributed by atoms with Gasteiger partial charge in [0.25, 0.3) is 0 Å². The second-order valence-corrected chi connectivity index (χ2v) is 10.9. The maximum Gasteiger partial charge on any atom is 0.146 e. The molecule has 3 aliphatic rings. The van der Waals surface area contributed by atoms with Gasteiger partial charge in [0.2, 0.25) is 0 Å². The smallest absolute Gasteiger partial charge is 0.146 e. The molecule has 0 saturated heterocycles. The number of rotatable bonds is 7. The summed E-state index contributed by atoms with van der Waals surface area (Å²) in [4.78, 5) is 14.0. The second-order valence-electron chi connectivity index (χ2n) is 10.5. The van der Waals surface area contributed by atoms with Crippen molar-refractivity contribution in [2.75, 3.05) is 26.9 Å². The van der Waals surface area contributed by atoms with Crippen molar-refractivity contribution in [3.63, 3.8) is 0 Å². The average Bonchev–Trinajstić information content (AvgIpc) is 3.11. The van der Waals surface area contributed by atoms with Crippen molar-refractivity contribution in [2.45, 2.75) is 84.8 Å². The monoisotopic (exact) mass is 428 g/mol. The van der Waals surface area contributed by atoms with E-state index >= 15 is 0 Å². The summed E-state index contributed by atoms with van der Waals surface area (Å²) in [6, 6.07) is 0. The maximum atomic E-state index is 14.0. The van der Waals surface area contributed by atoms with Crippen LogP contribution in [-0.4, -0.2) is 44.9 Å². The first-order valence-electron chi connectivity index (χ1n) is 11.4. The van der Waals surface area contributed by atoms with Gasteiger partial charge in [-0.15, -0.1) is 11.6 Å². The molecule has 0 radical (unpaired) electrons. The molecule has 2 unspecified atom stereocenters. The fourth-order valence-electron chi connectivity index (χ4n) is 7.56. The Morgan fingerprint density at radius 3 is 2.45 bits per heavy atom. The van der Waals surface area contributed by atoms with Crippen LogP contribution in [0.15, 0.2) is 0 Å². The minimum Gasteiger partial charge on any atom is -0.381 e. The van der Waals surface area contributed by atoms with E-state index in [0.717, 1.165) is 44.9 Å². The first kappa shape index (κ1) is 23.5. The Kier molecular flexibility index (Phi) is 7.10.